The molecule has 0 bridgehead atoms. The number of aromatic hydroxyl groups is 1. The zero-order valence-electron chi connectivity index (χ0n) is 7.27. The van der Waals surface area contributed by atoms with E-state index >= 15 is 0 Å². The van der Waals surface area contributed by atoms with E-state index in [0.29, 0.717) is 5.75 Å². The molecule has 1 N–H and O–H groups in total. The number of phenolic OH excluding ortho intramolecular Hbond substituents is 1. The number of thioether (sulfide) groups is 1. The molecule has 0 saturated carbocycles. The van der Waals surface area contributed by atoms with Crippen molar-refractivity contribution in [2.24, 2.45) is 0 Å². The molecule has 3 nitrogen and oxygen atoms in total. The van der Waals surface area contributed by atoms with Crippen molar-refractivity contribution in [3.63, 3.8) is 0 Å². The highest BCUT2D eigenvalue weighted by Crippen LogP contribution is 2.22. The van der Waals surface area contributed by atoms with Crippen LogP contribution in [-0.2, 0) is 9.74 Å². The third-order valence-electron chi connectivity index (χ3n) is 1.48. The Morgan fingerprint density at radius 2 is 2.36 bits per heavy atom. The lowest BCUT2D eigenvalue weighted by molar-refractivity contribution is -0.183. The van der Waals surface area contributed by atoms with Gasteiger partial charge in [0.1, 0.15) is 5.75 Å². The molecule has 0 aliphatic rings. The van der Waals surface area contributed by atoms with Crippen molar-refractivity contribution >= 4 is 17.7 Å². The Bertz CT molecular complexity index is 317. The van der Waals surface area contributed by atoms with Crippen LogP contribution in [0.4, 0.5) is 4.53 Å². The first-order chi connectivity index (χ1) is 6.72. The average molecular weight is 216 g/mol. The molecule has 0 aliphatic heterocycles. The maximum atomic E-state index is 11.3. The predicted octanol–water partition coefficient (Wildman–Crippen LogP) is 2.30. The summed E-state index contributed by atoms with van der Waals surface area (Å²) in [7, 11) is 0. The van der Waals surface area contributed by atoms with Gasteiger partial charge in [0.25, 0.3) is 0 Å². The molecule has 5 heteroatoms. The summed E-state index contributed by atoms with van der Waals surface area (Å²) in [6.07, 6.45) is 0.0107. The van der Waals surface area contributed by atoms with Gasteiger partial charge in [0, 0.05) is 15.2 Å². The van der Waals surface area contributed by atoms with Crippen LogP contribution in [0.3, 0.4) is 0 Å². The molecule has 0 unspecified atom stereocenters. The Morgan fingerprint density at radius 1 is 1.57 bits per heavy atom. The molecular weight excluding hydrogens is 207 g/mol. The van der Waals surface area contributed by atoms with Gasteiger partial charge in [-0.15, -0.1) is 11.8 Å². The quantitative estimate of drug-likeness (QED) is 0.784. The average Bonchev–Trinajstić information content (AvgIpc) is 2.17. The molecule has 0 aromatic heterocycles. The summed E-state index contributed by atoms with van der Waals surface area (Å²) in [4.78, 5) is 14.2. The topological polar surface area (TPSA) is 46.5 Å². The zero-order valence-corrected chi connectivity index (χ0v) is 8.09. The fourth-order valence-corrected chi connectivity index (χ4v) is 1.75. The van der Waals surface area contributed by atoms with E-state index in [2.05, 4.69) is 4.94 Å². The Labute approximate surface area is 84.8 Å². The van der Waals surface area contributed by atoms with E-state index < -0.39 is 5.97 Å². The number of carbonyl (C=O) groups is 1. The number of carbonyl (C=O) groups excluding carboxylic acids is 1. The van der Waals surface area contributed by atoms with Crippen LogP contribution in [-0.4, -0.2) is 16.8 Å². The van der Waals surface area contributed by atoms with Crippen LogP contribution in [0.2, 0.25) is 0 Å². The fraction of sp³-hybridized carbons (Fsp3) is 0.222. The summed E-state index contributed by atoms with van der Waals surface area (Å²) in [6, 6.07) is 6.63. The number of hydrogen-bond acceptors (Lipinski definition) is 4. The highest BCUT2D eigenvalue weighted by Gasteiger charge is 2.03. The van der Waals surface area contributed by atoms with Gasteiger partial charge >= 0.3 is 5.97 Å². The second-order valence-electron chi connectivity index (χ2n) is 2.54. The Balaban J connectivity index is 2.35. The van der Waals surface area contributed by atoms with Crippen molar-refractivity contribution in [3.8, 4) is 5.75 Å². The van der Waals surface area contributed by atoms with Crippen LogP contribution in [0, 0.1) is 0 Å². The number of hydrogen-bond donors (Lipinski definition) is 1. The first kappa shape index (κ1) is 10.8. The standard InChI is InChI=1S/C9H9FO3S/c10-13-9(12)4-5-14-8-3-1-2-7(11)6-8/h1-3,6,11H,4-5H2. The lowest BCUT2D eigenvalue weighted by Crippen LogP contribution is -1.98. The summed E-state index contributed by atoms with van der Waals surface area (Å²) in [6.45, 7) is 0. The first-order valence-corrected chi connectivity index (χ1v) is 4.94. The van der Waals surface area contributed by atoms with Gasteiger partial charge in [0.2, 0.25) is 0 Å². The van der Waals surface area contributed by atoms with Crippen molar-refractivity contribution in [1.82, 2.24) is 0 Å². The lowest BCUT2D eigenvalue weighted by atomic mass is 10.3. The predicted molar refractivity (Wildman–Crippen MR) is 50.6 cm³/mol. The van der Waals surface area contributed by atoms with Crippen LogP contribution in [0.5, 0.6) is 5.75 Å². The molecule has 0 atom stereocenters. The molecule has 0 radical (unpaired) electrons. The van der Waals surface area contributed by atoms with Gasteiger partial charge in [-0.3, -0.25) is 4.94 Å². The molecule has 0 amide bonds. The molecular formula is C9H9FO3S. The van der Waals surface area contributed by atoms with Crippen molar-refractivity contribution in [3.05, 3.63) is 24.3 Å². The molecule has 0 heterocycles. The van der Waals surface area contributed by atoms with Crippen LogP contribution in [0.25, 0.3) is 0 Å². The SMILES string of the molecule is O=C(CCSc1cccc(O)c1)OF. The third-order valence-corrected chi connectivity index (χ3v) is 2.47. The summed E-state index contributed by atoms with van der Waals surface area (Å²) in [5, 5.41) is 9.10. The molecule has 0 saturated heterocycles. The van der Waals surface area contributed by atoms with Gasteiger partial charge in [-0.05, 0) is 18.2 Å². The second-order valence-corrected chi connectivity index (χ2v) is 3.71. The minimum atomic E-state index is -0.877. The molecule has 1 aromatic carbocycles. The van der Waals surface area contributed by atoms with Gasteiger partial charge in [-0.2, -0.15) is 0 Å². The van der Waals surface area contributed by atoms with E-state index in [-0.39, 0.29) is 12.2 Å². The van der Waals surface area contributed by atoms with Crippen LogP contribution in [0.15, 0.2) is 29.2 Å². The monoisotopic (exact) mass is 216 g/mol. The van der Waals surface area contributed by atoms with E-state index in [4.69, 9.17) is 5.11 Å². The van der Waals surface area contributed by atoms with Crippen molar-refractivity contribution in [2.45, 2.75) is 11.3 Å². The largest absolute Gasteiger partial charge is 0.508 e. The van der Waals surface area contributed by atoms with Crippen molar-refractivity contribution in [1.29, 1.82) is 0 Å². The number of halogens is 1. The Morgan fingerprint density at radius 3 is 3.00 bits per heavy atom. The summed E-state index contributed by atoms with van der Waals surface area (Å²) >= 11 is 1.35. The summed E-state index contributed by atoms with van der Waals surface area (Å²) in [5.74, 6) is -0.285. The maximum Gasteiger partial charge on any atom is 0.349 e. The second kappa shape index (κ2) is 5.49. The molecule has 0 aliphatic carbocycles. The number of phenols is 1. The van der Waals surface area contributed by atoms with Gasteiger partial charge in [0.05, 0.1) is 6.42 Å². The van der Waals surface area contributed by atoms with Crippen molar-refractivity contribution in [2.75, 3.05) is 5.75 Å². The van der Waals surface area contributed by atoms with Crippen molar-refractivity contribution < 1.29 is 19.4 Å². The summed E-state index contributed by atoms with van der Waals surface area (Å²) < 4.78 is 11.3. The Hall–Kier alpha value is -1.23. The maximum absolute atomic E-state index is 11.3. The van der Waals surface area contributed by atoms with Gasteiger partial charge in [0.15, 0.2) is 0 Å². The minimum absolute atomic E-state index is 0.0107. The van der Waals surface area contributed by atoms with Crippen LogP contribution in [0.1, 0.15) is 6.42 Å². The van der Waals surface area contributed by atoms with E-state index in [1.165, 1.54) is 11.8 Å². The Kier molecular flexibility index (Phi) is 4.25. The number of benzene rings is 1. The van der Waals surface area contributed by atoms with E-state index in [1.54, 1.807) is 24.3 Å². The first-order valence-electron chi connectivity index (χ1n) is 3.95. The van der Waals surface area contributed by atoms with Crippen LogP contribution >= 0.6 is 11.8 Å². The number of rotatable bonds is 4. The normalized spacial score (nSPS) is 9.79. The lowest BCUT2D eigenvalue weighted by Gasteiger charge is -1.99. The van der Waals surface area contributed by atoms with Gasteiger partial charge < -0.3 is 5.11 Å². The molecule has 1 aromatic rings. The minimum Gasteiger partial charge on any atom is -0.508 e. The highest BCUT2D eigenvalue weighted by atomic mass is 32.2. The third kappa shape index (κ3) is 3.66. The molecule has 0 fully saturated rings. The fourth-order valence-electron chi connectivity index (χ4n) is 0.864. The zero-order chi connectivity index (χ0) is 10.4. The van der Waals surface area contributed by atoms with E-state index in [9.17, 15) is 9.32 Å². The smallest absolute Gasteiger partial charge is 0.349 e. The van der Waals surface area contributed by atoms with E-state index in [1.807, 2.05) is 0 Å². The molecule has 14 heavy (non-hydrogen) atoms. The molecule has 0 spiro atoms. The van der Waals surface area contributed by atoms with E-state index in [0.717, 1.165) is 4.90 Å². The van der Waals surface area contributed by atoms with Crippen LogP contribution < -0.4 is 0 Å². The highest BCUT2D eigenvalue weighted by molar-refractivity contribution is 7.99. The molecule has 1 rings (SSSR count). The summed E-state index contributed by atoms with van der Waals surface area (Å²) in [5.41, 5.74) is 0. The van der Waals surface area contributed by atoms with Gasteiger partial charge in [-0.25, -0.2) is 4.79 Å². The molecule has 76 valence electrons. The van der Waals surface area contributed by atoms with Gasteiger partial charge in [-0.1, -0.05) is 6.07 Å².